The lowest BCUT2D eigenvalue weighted by molar-refractivity contribution is -0.381. The van der Waals surface area contributed by atoms with Crippen molar-refractivity contribution in [1.82, 2.24) is 0 Å². The van der Waals surface area contributed by atoms with E-state index in [9.17, 15) is 123 Å². The van der Waals surface area contributed by atoms with E-state index in [0.717, 1.165) is 0 Å². The van der Waals surface area contributed by atoms with Gasteiger partial charge >= 0.3 is 41.6 Å². The monoisotopic (exact) mass is 1560 g/mol. The number of fused-ring (bicyclic) bond motifs is 8. The minimum Gasteiger partial charge on any atom is -0.394 e. The van der Waals surface area contributed by atoms with E-state index in [0.29, 0.717) is 0 Å². The summed E-state index contributed by atoms with van der Waals surface area (Å²) in [5.74, 6) is 0. The number of hydrogen-bond acceptors (Lipinski definition) is 45. The van der Waals surface area contributed by atoms with Gasteiger partial charge in [-0.1, -0.05) is 0 Å². The lowest BCUT2D eigenvalue weighted by Gasteiger charge is -2.49. The molecule has 0 spiro atoms. The highest BCUT2D eigenvalue weighted by atomic mass is 32.3. The van der Waals surface area contributed by atoms with Gasteiger partial charge in [0.05, 0.1) is 52.9 Å². The number of hydrogen-bond donors (Lipinski definition) is 18. The van der Waals surface area contributed by atoms with Crippen LogP contribution >= 0.6 is 0 Å². The van der Waals surface area contributed by atoms with E-state index in [1.54, 1.807) is 0 Å². The molecule has 49 nitrogen and oxygen atoms in total. The average Bonchev–Trinajstić information content (AvgIpc) is 1.73. The van der Waals surface area contributed by atoms with Crippen LogP contribution in [-0.2, 0) is 148 Å². The Morgan fingerprint density at radius 2 is 0.485 bits per heavy atom. The Morgan fingerprint density at radius 3 is 0.772 bits per heavy atom. The minimum absolute atomic E-state index is 0.227. The van der Waals surface area contributed by atoms with Gasteiger partial charge in [-0.05, 0) is 0 Å². The van der Waals surface area contributed by atoms with Crippen molar-refractivity contribution in [2.24, 2.45) is 0 Å². The Labute approximate surface area is 568 Å². The minimum atomic E-state index is -5.59. The lowest BCUT2D eigenvalue weighted by atomic mass is 9.96. The number of ether oxygens (including phenoxy) is 19. The van der Waals surface area contributed by atoms with Gasteiger partial charge in [0.25, 0.3) is 0 Å². The summed E-state index contributed by atoms with van der Waals surface area (Å²) in [5.41, 5.74) is 0. The molecule has 584 valence electrons. The second-order valence-corrected chi connectivity index (χ2v) is 29.1. The standard InChI is InChI=1S/C48H74O49S4/c49-1-9-29(94-98(63,64)65)37(18(54)41(62)79-9)90-43-20(56)34-26(14(84-43)6-76-34)87-47-24(60)39(31(11(3-51)81-47)96-100(69,70)71)92-45-22(58)36-28(16(86-45)8-78-36)89-48-25(61)40(32(12(4-52)82-48)97-101(72,73)74)93-44-21(57)35-27(15(85-44)7-77-35)88-46-23(59)38(30(10(2-50)80-46)95-99(66,67)68)91-42-19(55)33-17(53)13(83-42)5-75-33/h9-62H,1-8H2,(H,63,64,65)(H,66,67,68)(H,69,70,71)(H,72,73,74)/t9-,10-,11-,12-,13-,14-,15-,16-,17+,18-,19-,20-,21-,22-,23-,24-,25-,26+,27+,28+,29+,30+,31+,32+,33+,34-,35-,36-,37-,38-,39-,40-,41-,42-,43-,44-,45-,46+,47+,48+/m1/s1. The van der Waals surface area contributed by atoms with Crippen LogP contribution in [0, 0.1) is 0 Å². The van der Waals surface area contributed by atoms with Crippen LogP contribution in [0.4, 0.5) is 0 Å². The highest BCUT2D eigenvalue weighted by molar-refractivity contribution is 7.81. The first-order chi connectivity index (χ1) is 47.5. The maximum atomic E-state index is 12.3. The van der Waals surface area contributed by atoms with Crippen molar-refractivity contribution in [2.45, 2.75) is 246 Å². The lowest BCUT2D eigenvalue weighted by Crippen LogP contribution is -2.67. The average molecular weight is 1560 g/mol. The van der Waals surface area contributed by atoms with Crippen molar-refractivity contribution in [3.63, 3.8) is 0 Å². The smallest absolute Gasteiger partial charge is 0.394 e. The van der Waals surface area contributed by atoms with Crippen LogP contribution in [0.2, 0.25) is 0 Å². The maximum absolute atomic E-state index is 12.3. The normalized spacial score (nSPS) is 51.0. The van der Waals surface area contributed by atoms with Crippen LogP contribution in [0.15, 0.2) is 0 Å². The van der Waals surface area contributed by atoms with Crippen LogP contribution in [0.25, 0.3) is 0 Å². The largest absolute Gasteiger partial charge is 0.397 e. The molecule has 0 amide bonds. The van der Waals surface area contributed by atoms with E-state index in [1.807, 2.05) is 0 Å². The molecule has 0 aromatic rings. The molecule has 0 radical (unpaired) electrons. The highest BCUT2D eigenvalue weighted by Gasteiger charge is 2.64. The van der Waals surface area contributed by atoms with Crippen molar-refractivity contribution >= 4 is 41.6 Å². The van der Waals surface area contributed by atoms with Crippen molar-refractivity contribution < 1.29 is 230 Å². The Bertz CT molecular complexity index is 3280. The predicted octanol–water partition coefficient (Wildman–Crippen LogP) is -15.0. The van der Waals surface area contributed by atoms with Crippen molar-refractivity contribution in [3.05, 3.63) is 0 Å². The van der Waals surface area contributed by atoms with E-state index in [4.69, 9.17) is 103 Å². The van der Waals surface area contributed by atoms with Gasteiger partial charge in [0.1, 0.15) is 195 Å². The third-order valence-corrected chi connectivity index (χ3v) is 20.3. The highest BCUT2D eigenvalue weighted by Crippen LogP contribution is 2.44. The molecule has 12 heterocycles. The van der Waals surface area contributed by atoms with Crippen LogP contribution < -0.4 is 0 Å². The van der Waals surface area contributed by atoms with Crippen LogP contribution in [0.5, 0.6) is 0 Å². The summed E-state index contributed by atoms with van der Waals surface area (Å²) in [6, 6.07) is 0. The fraction of sp³-hybridized carbons (Fsp3) is 1.00. The summed E-state index contributed by atoms with van der Waals surface area (Å²) in [5, 5.41) is 154. The van der Waals surface area contributed by atoms with Gasteiger partial charge < -0.3 is 161 Å². The molecule has 12 rings (SSSR count). The maximum Gasteiger partial charge on any atom is 0.397 e. The molecule has 12 aliphatic heterocycles. The molecule has 101 heavy (non-hydrogen) atoms. The molecule has 12 saturated heterocycles. The fourth-order valence-corrected chi connectivity index (χ4v) is 16.0. The van der Waals surface area contributed by atoms with Gasteiger partial charge in [0, 0.05) is 0 Å². The van der Waals surface area contributed by atoms with Gasteiger partial charge in [-0.15, -0.1) is 0 Å². The zero-order valence-electron chi connectivity index (χ0n) is 51.1. The molecule has 8 bridgehead atoms. The molecular formula is C48H74O49S4. The second-order valence-electron chi connectivity index (χ2n) is 24.9. The summed E-state index contributed by atoms with van der Waals surface area (Å²) in [4.78, 5) is 0. The Kier molecular flexibility index (Phi) is 24.1. The van der Waals surface area contributed by atoms with E-state index >= 15 is 0 Å². The van der Waals surface area contributed by atoms with Crippen LogP contribution in [-0.4, -0.2) is 422 Å². The molecule has 0 saturated carbocycles. The van der Waals surface area contributed by atoms with E-state index < -0.39 is 333 Å². The number of rotatable bonds is 26. The van der Waals surface area contributed by atoms with E-state index in [1.165, 1.54) is 0 Å². The zero-order valence-corrected chi connectivity index (χ0v) is 54.4. The molecule has 0 aromatic heterocycles. The van der Waals surface area contributed by atoms with Gasteiger partial charge in [-0.3, -0.25) is 18.2 Å². The summed E-state index contributed by atoms with van der Waals surface area (Å²) in [6.45, 7) is -6.37. The second kappa shape index (κ2) is 30.9. The molecule has 53 heteroatoms. The topological polar surface area (TPSA) is 713 Å². The van der Waals surface area contributed by atoms with E-state index in [-0.39, 0.29) is 6.61 Å². The molecule has 0 aromatic carbocycles. The molecule has 0 aliphatic carbocycles. The zero-order chi connectivity index (χ0) is 73.0. The molecule has 18 N–H and O–H groups in total. The fourth-order valence-electron chi connectivity index (χ4n) is 13.9. The van der Waals surface area contributed by atoms with Gasteiger partial charge in [0.15, 0.2) is 50.3 Å². The molecule has 0 unspecified atom stereocenters. The van der Waals surface area contributed by atoms with Crippen molar-refractivity contribution in [2.75, 3.05) is 52.9 Å². The summed E-state index contributed by atoms with van der Waals surface area (Å²) in [7, 11) is -22.0. The van der Waals surface area contributed by atoms with Crippen LogP contribution in [0.1, 0.15) is 0 Å². The first-order valence-corrected chi connectivity index (χ1v) is 36.1. The van der Waals surface area contributed by atoms with Crippen molar-refractivity contribution in [1.29, 1.82) is 0 Å². The molecule has 12 fully saturated rings. The van der Waals surface area contributed by atoms with Crippen LogP contribution in [0.3, 0.4) is 0 Å². The Hall–Kier alpha value is -1.84. The SMILES string of the molecule is O=S(=O)(O)O[C@@H]1[C@H](O[C@H]2O[C@@H]3CO[C@H]([C@H]2O)[C@H]3O[C@@H]2O[C@H](CO)[C@H](OS(=O)(=O)O)[C@H](O[C@H]3O[C@@H]4CO[C@H]([C@H]3O)[C@H]4O[C@@H]3O[C@H](CO)[C@H](OS(=O)(=O)O)[C@H](O[C@H]4O[C@@H]5CO[C@H]([C@H]4O)[C@H]5O[C@@H]4O[C@H](CO)[C@H](OS(=O)(=O)O)[C@H](O[C@H]5O[C@@H]6CO[C@@H]([C@H]6O)[C@H]5O)[C@H]4O)[C@H]3O)[C@H]2O)[C@@H](O)[C@H](O)O[C@@H]1CO. The summed E-state index contributed by atoms with van der Waals surface area (Å²) in [6.07, 6.45) is -76.2. The molecule has 12 aliphatic rings. The Balaban J connectivity index is 0.717. The first-order valence-electron chi connectivity index (χ1n) is 30.6. The Morgan fingerprint density at radius 1 is 0.257 bits per heavy atom. The van der Waals surface area contributed by atoms with Gasteiger partial charge in [-0.2, -0.15) is 33.7 Å². The van der Waals surface area contributed by atoms with Crippen molar-refractivity contribution in [3.8, 4) is 0 Å². The van der Waals surface area contributed by atoms with Gasteiger partial charge in [0.2, 0.25) is 0 Å². The summed E-state index contributed by atoms with van der Waals surface area (Å²) >= 11 is 0. The number of aliphatic hydroxyl groups is 14. The quantitative estimate of drug-likeness (QED) is 0.0358. The first kappa shape index (κ1) is 78.7. The third kappa shape index (κ3) is 16.6. The number of aliphatic hydroxyl groups excluding tert-OH is 14. The molecular weight excluding hydrogens is 1490 g/mol. The summed E-state index contributed by atoms with van der Waals surface area (Å²) < 4.78 is 264. The predicted molar refractivity (Wildman–Crippen MR) is 293 cm³/mol. The molecule has 40 atom stereocenters. The third-order valence-electron chi connectivity index (χ3n) is 18.5. The van der Waals surface area contributed by atoms with E-state index in [2.05, 4.69) is 4.18 Å². The van der Waals surface area contributed by atoms with Gasteiger partial charge in [-0.25, -0.2) is 16.7 Å².